The Hall–Kier alpha value is -2.10. The fourth-order valence-corrected chi connectivity index (χ4v) is 2.63. The lowest BCUT2D eigenvalue weighted by atomic mass is 10.00. The van der Waals surface area contributed by atoms with Crippen molar-refractivity contribution in [1.29, 1.82) is 0 Å². The van der Waals surface area contributed by atoms with Gasteiger partial charge in [0, 0.05) is 31.9 Å². The molecular formula is C16H20N4. The molecule has 104 valence electrons. The Morgan fingerprint density at radius 2 is 2.00 bits per heavy atom. The normalized spacial score (nSPS) is 14.0. The zero-order chi connectivity index (χ0) is 13.9. The predicted octanol–water partition coefficient (Wildman–Crippen LogP) is 2.64. The fourth-order valence-electron chi connectivity index (χ4n) is 2.63. The summed E-state index contributed by atoms with van der Waals surface area (Å²) in [5, 5.41) is 3.05. The zero-order valence-electron chi connectivity index (χ0n) is 12.1. The van der Waals surface area contributed by atoms with Gasteiger partial charge >= 0.3 is 0 Å². The summed E-state index contributed by atoms with van der Waals surface area (Å²) in [6.45, 7) is 4.07. The second-order valence-corrected chi connectivity index (χ2v) is 5.08. The number of hydrogen-bond acceptors (Lipinski definition) is 4. The summed E-state index contributed by atoms with van der Waals surface area (Å²) in [7, 11) is 1.87. The lowest BCUT2D eigenvalue weighted by molar-refractivity contribution is 0.718. The van der Waals surface area contributed by atoms with E-state index in [1.165, 1.54) is 11.1 Å². The highest BCUT2D eigenvalue weighted by Gasteiger charge is 2.18. The number of nitrogens with one attached hydrogen (secondary N) is 1. The quantitative estimate of drug-likeness (QED) is 0.929. The maximum atomic E-state index is 4.60. The maximum absolute atomic E-state index is 4.60. The van der Waals surface area contributed by atoms with E-state index in [1.807, 2.05) is 7.05 Å². The van der Waals surface area contributed by atoms with Gasteiger partial charge in [0.05, 0.1) is 0 Å². The topological polar surface area (TPSA) is 41.1 Å². The highest BCUT2D eigenvalue weighted by Crippen LogP contribution is 2.24. The van der Waals surface area contributed by atoms with Crippen molar-refractivity contribution in [2.24, 2.45) is 0 Å². The van der Waals surface area contributed by atoms with Crippen LogP contribution in [-0.2, 0) is 19.4 Å². The van der Waals surface area contributed by atoms with Crippen molar-refractivity contribution >= 4 is 11.8 Å². The minimum Gasteiger partial charge on any atom is -0.357 e. The lowest BCUT2D eigenvalue weighted by Crippen LogP contribution is -2.31. The van der Waals surface area contributed by atoms with Gasteiger partial charge in [-0.2, -0.15) is 4.98 Å². The first-order chi connectivity index (χ1) is 9.80. The number of anilines is 2. The molecule has 1 aliphatic rings. The molecule has 1 aromatic carbocycles. The first kappa shape index (κ1) is 12.9. The molecule has 1 aromatic heterocycles. The molecule has 0 radical (unpaired) electrons. The molecule has 0 atom stereocenters. The number of rotatable bonds is 3. The van der Waals surface area contributed by atoms with E-state index >= 15 is 0 Å². The average molecular weight is 268 g/mol. The summed E-state index contributed by atoms with van der Waals surface area (Å²) >= 11 is 0. The summed E-state index contributed by atoms with van der Waals surface area (Å²) in [6.07, 6.45) is 2.01. The van der Waals surface area contributed by atoms with E-state index in [4.69, 9.17) is 0 Å². The number of aromatic nitrogens is 2. The Bertz CT molecular complexity index is 587. The van der Waals surface area contributed by atoms with Crippen molar-refractivity contribution in [3.05, 3.63) is 47.2 Å². The van der Waals surface area contributed by atoms with Gasteiger partial charge in [-0.3, -0.25) is 0 Å². The van der Waals surface area contributed by atoms with Crippen LogP contribution >= 0.6 is 0 Å². The van der Waals surface area contributed by atoms with Gasteiger partial charge in [-0.05, 0) is 24.0 Å². The SMILES string of the molecule is CCc1cc(N2CCc3ccccc3C2)nc(NC)n1. The highest BCUT2D eigenvalue weighted by molar-refractivity contribution is 5.48. The Kier molecular flexibility index (Phi) is 3.54. The van der Waals surface area contributed by atoms with Gasteiger partial charge in [0.2, 0.25) is 5.95 Å². The number of benzene rings is 1. The average Bonchev–Trinajstić information content (AvgIpc) is 2.53. The summed E-state index contributed by atoms with van der Waals surface area (Å²) in [6, 6.07) is 10.8. The smallest absolute Gasteiger partial charge is 0.224 e. The molecule has 2 aromatic rings. The van der Waals surface area contributed by atoms with Gasteiger partial charge < -0.3 is 10.2 Å². The monoisotopic (exact) mass is 268 g/mol. The number of fused-ring (bicyclic) bond motifs is 1. The van der Waals surface area contributed by atoms with Crippen LogP contribution in [0.3, 0.4) is 0 Å². The Labute approximate surface area is 119 Å². The van der Waals surface area contributed by atoms with Crippen LogP contribution in [0.4, 0.5) is 11.8 Å². The summed E-state index contributed by atoms with van der Waals surface area (Å²) < 4.78 is 0. The van der Waals surface area contributed by atoms with E-state index in [0.29, 0.717) is 5.95 Å². The molecule has 0 saturated heterocycles. The number of nitrogens with zero attached hydrogens (tertiary/aromatic N) is 3. The molecule has 0 unspecified atom stereocenters. The van der Waals surface area contributed by atoms with Crippen LogP contribution in [0.2, 0.25) is 0 Å². The van der Waals surface area contributed by atoms with E-state index in [-0.39, 0.29) is 0 Å². The minimum atomic E-state index is 0.707. The van der Waals surface area contributed by atoms with Crippen LogP contribution in [0.15, 0.2) is 30.3 Å². The first-order valence-corrected chi connectivity index (χ1v) is 7.17. The van der Waals surface area contributed by atoms with Crippen LogP contribution in [-0.4, -0.2) is 23.6 Å². The van der Waals surface area contributed by atoms with E-state index < -0.39 is 0 Å². The zero-order valence-corrected chi connectivity index (χ0v) is 12.1. The highest BCUT2D eigenvalue weighted by atomic mass is 15.2. The Morgan fingerprint density at radius 3 is 2.75 bits per heavy atom. The fraction of sp³-hybridized carbons (Fsp3) is 0.375. The third kappa shape index (κ3) is 2.46. The second-order valence-electron chi connectivity index (χ2n) is 5.08. The molecule has 4 nitrogen and oxygen atoms in total. The standard InChI is InChI=1S/C16H20N4/c1-3-14-10-15(19-16(17-2)18-14)20-9-8-12-6-4-5-7-13(12)11-20/h4-7,10H,3,8-9,11H2,1-2H3,(H,17,18,19). The van der Waals surface area contributed by atoms with Gasteiger partial charge in [-0.25, -0.2) is 4.98 Å². The summed E-state index contributed by atoms with van der Waals surface area (Å²) in [5.74, 6) is 1.73. The van der Waals surface area contributed by atoms with E-state index in [0.717, 1.165) is 37.4 Å². The Morgan fingerprint density at radius 1 is 1.20 bits per heavy atom. The van der Waals surface area contributed by atoms with Crippen molar-refractivity contribution in [1.82, 2.24) is 9.97 Å². The van der Waals surface area contributed by atoms with Crippen LogP contribution in [0, 0.1) is 0 Å². The molecule has 4 heteroatoms. The first-order valence-electron chi connectivity index (χ1n) is 7.17. The molecule has 0 spiro atoms. The second kappa shape index (κ2) is 5.49. The van der Waals surface area contributed by atoms with Crippen molar-refractivity contribution in [3.63, 3.8) is 0 Å². The van der Waals surface area contributed by atoms with Crippen molar-refractivity contribution in [3.8, 4) is 0 Å². The van der Waals surface area contributed by atoms with Crippen molar-refractivity contribution in [2.45, 2.75) is 26.3 Å². The largest absolute Gasteiger partial charge is 0.357 e. The number of aryl methyl sites for hydroxylation is 1. The molecule has 2 heterocycles. The predicted molar refractivity (Wildman–Crippen MR) is 82.2 cm³/mol. The molecule has 3 rings (SSSR count). The maximum Gasteiger partial charge on any atom is 0.224 e. The molecule has 1 aliphatic heterocycles. The van der Waals surface area contributed by atoms with Gasteiger partial charge in [0.1, 0.15) is 5.82 Å². The third-order valence-corrected chi connectivity index (χ3v) is 3.81. The molecule has 0 fully saturated rings. The van der Waals surface area contributed by atoms with Gasteiger partial charge in [-0.1, -0.05) is 31.2 Å². The molecule has 0 saturated carbocycles. The molecule has 0 amide bonds. The molecular weight excluding hydrogens is 248 g/mol. The summed E-state index contributed by atoms with van der Waals surface area (Å²) in [4.78, 5) is 11.4. The summed E-state index contributed by atoms with van der Waals surface area (Å²) in [5.41, 5.74) is 3.95. The van der Waals surface area contributed by atoms with E-state index in [1.54, 1.807) is 0 Å². The van der Waals surface area contributed by atoms with Crippen molar-refractivity contribution in [2.75, 3.05) is 23.8 Å². The molecule has 0 bridgehead atoms. The third-order valence-electron chi connectivity index (χ3n) is 3.81. The van der Waals surface area contributed by atoms with Gasteiger partial charge in [-0.15, -0.1) is 0 Å². The lowest BCUT2D eigenvalue weighted by Gasteiger charge is -2.30. The molecule has 20 heavy (non-hydrogen) atoms. The van der Waals surface area contributed by atoms with Crippen LogP contribution in [0.1, 0.15) is 23.7 Å². The van der Waals surface area contributed by atoms with E-state index in [9.17, 15) is 0 Å². The van der Waals surface area contributed by atoms with Crippen LogP contribution < -0.4 is 10.2 Å². The van der Waals surface area contributed by atoms with Crippen LogP contribution in [0.25, 0.3) is 0 Å². The van der Waals surface area contributed by atoms with Crippen molar-refractivity contribution < 1.29 is 0 Å². The van der Waals surface area contributed by atoms with Gasteiger partial charge in [0.15, 0.2) is 0 Å². The van der Waals surface area contributed by atoms with Crippen LogP contribution in [0.5, 0.6) is 0 Å². The molecule has 0 aliphatic carbocycles. The van der Waals surface area contributed by atoms with Gasteiger partial charge in [0.25, 0.3) is 0 Å². The molecule has 1 N–H and O–H groups in total. The number of hydrogen-bond donors (Lipinski definition) is 1. The minimum absolute atomic E-state index is 0.707. The Balaban J connectivity index is 1.91. The van der Waals surface area contributed by atoms with E-state index in [2.05, 4.69) is 57.4 Å².